The number of ether oxygens (including phenoxy) is 1. The van der Waals surface area contributed by atoms with Gasteiger partial charge in [0.05, 0.1) is 13.0 Å². The van der Waals surface area contributed by atoms with E-state index in [1.54, 1.807) is 23.8 Å². The fraction of sp³-hybridized carbons (Fsp3) is 0.783. The molecule has 6 aliphatic rings. The van der Waals surface area contributed by atoms with E-state index >= 15 is 0 Å². The van der Waals surface area contributed by atoms with Crippen LogP contribution in [0.5, 0.6) is 0 Å². The zero-order valence-corrected chi connectivity index (χ0v) is 16.4. The Labute approximate surface area is 156 Å². The molecule has 3 heteroatoms. The molecule has 2 aliphatic heterocycles. The van der Waals surface area contributed by atoms with Crippen LogP contribution in [0.15, 0.2) is 22.8 Å². The fourth-order valence-electron chi connectivity index (χ4n) is 9.07. The SMILES string of the molecule is COC(=O)[C@@H]1C[C@]23C4=C(CC[C@@H]5CN6CC(C)=C[C@@]62CC[C@@]53C)CC[C@@H]41. The van der Waals surface area contributed by atoms with E-state index in [-0.39, 0.29) is 22.8 Å². The Morgan fingerprint density at radius 3 is 2.88 bits per heavy atom. The number of nitrogens with zero attached hydrogens (tertiary/aromatic N) is 1. The van der Waals surface area contributed by atoms with Crippen LogP contribution in [-0.4, -0.2) is 36.6 Å². The molecular formula is C23H31NO2. The Kier molecular flexibility index (Phi) is 2.85. The Bertz CT molecular complexity index is 781. The van der Waals surface area contributed by atoms with Crippen LogP contribution in [0, 0.1) is 28.6 Å². The number of allylic oxidation sites excluding steroid dienone is 1. The highest BCUT2D eigenvalue weighted by atomic mass is 16.5. The summed E-state index contributed by atoms with van der Waals surface area (Å²) < 4.78 is 5.32. The lowest BCUT2D eigenvalue weighted by Gasteiger charge is -2.61. The zero-order chi connectivity index (χ0) is 17.9. The van der Waals surface area contributed by atoms with Gasteiger partial charge in [0, 0.05) is 24.0 Å². The highest BCUT2D eigenvalue weighted by Gasteiger charge is 2.78. The molecule has 2 saturated carbocycles. The molecule has 2 spiro atoms. The average Bonchev–Trinajstić information content (AvgIpc) is 3.29. The molecule has 6 atom stereocenters. The number of methoxy groups -OCH3 is 1. The second-order valence-electron chi connectivity index (χ2n) is 10.4. The fourth-order valence-corrected chi connectivity index (χ4v) is 9.07. The number of hydrogen-bond donors (Lipinski definition) is 0. The third-order valence-electron chi connectivity index (χ3n) is 9.85. The van der Waals surface area contributed by atoms with Gasteiger partial charge in [-0.1, -0.05) is 29.7 Å². The van der Waals surface area contributed by atoms with Gasteiger partial charge in [0.1, 0.15) is 0 Å². The highest BCUT2D eigenvalue weighted by Crippen LogP contribution is 2.80. The molecule has 0 amide bonds. The van der Waals surface area contributed by atoms with Crippen molar-refractivity contribution >= 4 is 5.97 Å². The normalized spacial score (nSPS) is 51.2. The molecule has 4 aliphatic carbocycles. The topological polar surface area (TPSA) is 29.5 Å². The molecule has 0 aromatic carbocycles. The number of piperidine rings is 1. The first-order valence-corrected chi connectivity index (χ1v) is 10.7. The van der Waals surface area contributed by atoms with Gasteiger partial charge in [-0.05, 0) is 69.1 Å². The van der Waals surface area contributed by atoms with Gasteiger partial charge < -0.3 is 4.74 Å². The van der Waals surface area contributed by atoms with E-state index in [4.69, 9.17) is 4.74 Å². The third-order valence-corrected chi connectivity index (χ3v) is 9.85. The molecule has 3 fully saturated rings. The number of carbonyl (C=O) groups excluding carboxylic acids is 1. The van der Waals surface area contributed by atoms with Crippen molar-refractivity contribution in [2.45, 2.75) is 64.3 Å². The summed E-state index contributed by atoms with van der Waals surface area (Å²) in [5.41, 5.74) is 5.77. The first-order valence-electron chi connectivity index (χ1n) is 10.7. The van der Waals surface area contributed by atoms with E-state index in [1.807, 2.05) is 0 Å². The summed E-state index contributed by atoms with van der Waals surface area (Å²) in [5, 5.41) is 0. The van der Waals surface area contributed by atoms with Crippen molar-refractivity contribution in [3.05, 3.63) is 22.8 Å². The lowest BCUT2D eigenvalue weighted by molar-refractivity contribution is -0.148. The molecule has 4 bridgehead atoms. The number of carbonyl (C=O) groups is 1. The molecule has 6 rings (SSSR count). The van der Waals surface area contributed by atoms with Gasteiger partial charge in [-0.3, -0.25) is 9.69 Å². The summed E-state index contributed by atoms with van der Waals surface area (Å²) >= 11 is 0. The number of hydrogen-bond acceptors (Lipinski definition) is 3. The summed E-state index contributed by atoms with van der Waals surface area (Å²) in [6.07, 6.45) is 11.4. The summed E-state index contributed by atoms with van der Waals surface area (Å²) in [6, 6.07) is 0. The van der Waals surface area contributed by atoms with Gasteiger partial charge >= 0.3 is 5.97 Å². The van der Waals surface area contributed by atoms with Crippen molar-refractivity contribution < 1.29 is 9.53 Å². The molecule has 0 aromatic heterocycles. The van der Waals surface area contributed by atoms with Gasteiger partial charge in [-0.2, -0.15) is 0 Å². The largest absolute Gasteiger partial charge is 0.469 e. The van der Waals surface area contributed by atoms with Crippen LogP contribution >= 0.6 is 0 Å². The quantitative estimate of drug-likeness (QED) is 0.525. The Balaban J connectivity index is 1.65. The van der Waals surface area contributed by atoms with Crippen molar-refractivity contribution in [2.75, 3.05) is 20.2 Å². The van der Waals surface area contributed by atoms with E-state index in [0.717, 1.165) is 18.9 Å². The summed E-state index contributed by atoms with van der Waals surface area (Å²) in [4.78, 5) is 15.6. The molecular weight excluding hydrogens is 322 g/mol. The van der Waals surface area contributed by atoms with Crippen LogP contribution in [0.1, 0.15) is 58.8 Å². The van der Waals surface area contributed by atoms with Crippen molar-refractivity contribution in [1.82, 2.24) is 4.90 Å². The molecule has 0 aromatic rings. The van der Waals surface area contributed by atoms with Crippen LogP contribution < -0.4 is 0 Å². The van der Waals surface area contributed by atoms with E-state index in [2.05, 4.69) is 24.8 Å². The van der Waals surface area contributed by atoms with Crippen LogP contribution in [0.25, 0.3) is 0 Å². The zero-order valence-electron chi connectivity index (χ0n) is 16.4. The maximum Gasteiger partial charge on any atom is 0.309 e. The molecule has 26 heavy (non-hydrogen) atoms. The Morgan fingerprint density at radius 2 is 2.08 bits per heavy atom. The maximum atomic E-state index is 12.8. The average molecular weight is 354 g/mol. The van der Waals surface area contributed by atoms with Crippen LogP contribution in [0.4, 0.5) is 0 Å². The van der Waals surface area contributed by atoms with Crippen LogP contribution in [-0.2, 0) is 9.53 Å². The second-order valence-corrected chi connectivity index (χ2v) is 10.4. The summed E-state index contributed by atoms with van der Waals surface area (Å²) in [7, 11) is 1.59. The van der Waals surface area contributed by atoms with Crippen molar-refractivity contribution in [2.24, 2.45) is 28.6 Å². The van der Waals surface area contributed by atoms with Crippen LogP contribution in [0.2, 0.25) is 0 Å². The molecule has 1 saturated heterocycles. The van der Waals surface area contributed by atoms with Crippen molar-refractivity contribution in [3.63, 3.8) is 0 Å². The molecule has 0 radical (unpaired) electrons. The van der Waals surface area contributed by atoms with E-state index in [1.165, 1.54) is 45.1 Å². The predicted molar refractivity (Wildman–Crippen MR) is 100 cm³/mol. The molecule has 3 nitrogen and oxygen atoms in total. The number of rotatable bonds is 1. The summed E-state index contributed by atoms with van der Waals surface area (Å²) in [6.45, 7) is 7.34. The van der Waals surface area contributed by atoms with Gasteiger partial charge in [0.2, 0.25) is 0 Å². The highest BCUT2D eigenvalue weighted by molar-refractivity contribution is 5.75. The van der Waals surface area contributed by atoms with Crippen molar-refractivity contribution in [3.8, 4) is 0 Å². The van der Waals surface area contributed by atoms with E-state index in [0.29, 0.717) is 11.3 Å². The minimum atomic E-state index is 0.0537. The second kappa shape index (κ2) is 4.66. The smallest absolute Gasteiger partial charge is 0.309 e. The summed E-state index contributed by atoms with van der Waals surface area (Å²) in [5.74, 6) is 1.38. The van der Waals surface area contributed by atoms with Gasteiger partial charge in [-0.25, -0.2) is 0 Å². The van der Waals surface area contributed by atoms with E-state index in [9.17, 15) is 4.79 Å². The standard InChI is InChI=1S/C23H31NO2/c1-14-10-22-9-8-21(2)16(13-24(22)12-14)6-4-15-5-7-17-18(20(25)26-3)11-23(21,22)19(15)17/h10,16-18H,4-9,11-13H2,1-3H3/t16-,17-,18-,21+,22-,23-/m1/s1. The Morgan fingerprint density at radius 1 is 1.27 bits per heavy atom. The lowest BCUT2D eigenvalue weighted by Crippen LogP contribution is -2.65. The molecule has 140 valence electrons. The van der Waals surface area contributed by atoms with E-state index < -0.39 is 0 Å². The monoisotopic (exact) mass is 353 g/mol. The maximum absolute atomic E-state index is 12.8. The molecule has 2 heterocycles. The van der Waals surface area contributed by atoms with Crippen LogP contribution in [0.3, 0.4) is 0 Å². The Hall–Kier alpha value is -1.09. The lowest BCUT2D eigenvalue weighted by atomic mass is 9.50. The number of esters is 1. The van der Waals surface area contributed by atoms with Crippen molar-refractivity contribution in [1.29, 1.82) is 0 Å². The van der Waals surface area contributed by atoms with Gasteiger partial charge in [0.15, 0.2) is 0 Å². The first-order chi connectivity index (χ1) is 12.5. The van der Waals surface area contributed by atoms with Gasteiger partial charge in [0.25, 0.3) is 0 Å². The molecule has 0 N–H and O–H groups in total. The minimum absolute atomic E-state index is 0.0537. The predicted octanol–water partition coefficient (Wildman–Crippen LogP) is 4.10. The minimum Gasteiger partial charge on any atom is -0.469 e. The third kappa shape index (κ3) is 1.42. The molecule has 0 unspecified atom stereocenters. The first kappa shape index (κ1) is 15.9. The van der Waals surface area contributed by atoms with Gasteiger partial charge in [-0.15, -0.1) is 0 Å².